The molecular formula is C8H12N4O4. The van der Waals surface area contributed by atoms with Gasteiger partial charge in [0, 0.05) is 6.20 Å². The number of anilines is 1. The molecule has 0 spiro atoms. The number of hydrogen-bond donors (Lipinski definition) is 3. The van der Waals surface area contributed by atoms with E-state index in [0.29, 0.717) is 0 Å². The number of ether oxygens (including phenoxy) is 1. The van der Waals surface area contributed by atoms with Crippen LogP contribution in [0.4, 0.5) is 5.82 Å². The molecule has 0 aromatic carbocycles. The molecule has 5 N–H and O–H groups in total. The van der Waals surface area contributed by atoms with Crippen LogP contribution in [0.3, 0.4) is 0 Å². The standard InChI is InChI=1S/C8H12N4O4/c9-6-1-2-12(8(15)11-6)4-16-5(3-13)7(10)14/h1-2,5,13H,3-4H2,(H2,10,14)(H2,9,11,15). The van der Waals surface area contributed by atoms with Crippen LogP contribution in [0.5, 0.6) is 0 Å². The first-order chi connectivity index (χ1) is 7.54. The molecule has 88 valence electrons. The largest absolute Gasteiger partial charge is 0.393 e. The molecule has 0 fully saturated rings. The van der Waals surface area contributed by atoms with Gasteiger partial charge in [-0.2, -0.15) is 4.98 Å². The fourth-order valence-electron chi connectivity index (χ4n) is 0.935. The number of aromatic nitrogens is 2. The number of primary amides is 1. The highest BCUT2D eigenvalue weighted by Gasteiger charge is 2.14. The quantitative estimate of drug-likeness (QED) is 0.516. The van der Waals surface area contributed by atoms with E-state index in [1.165, 1.54) is 12.3 Å². The van der Waals surface area contributed by atoms with Gasteiger partial charge >= 0.3 is 5.69 Å². The van der Waals surface area contributed by atoms with Gasteiger partial charge in [-0.05, 0) is 6.07 Å². The molecule has 0 aliphatic heterocycles. The summed E-state index contributed by atoms with van der Waals surface area (Å²) in [6.07, 6.45) is 0.213. The van der Waals surface area contributed by atoms with Gasteiger partial charge in [0.15, 0.2) is 6.10 Å². The van der Waals surface area contributed by atoms with Crippen molar-refractivity contribution in [2.45, 2.75) is 12.8 Å². The number of nitrogens with two attached hydrogens (primary N) is 2. The van der Waals surface area contributed by atoms with Crippen LogP contribution in [0, 0.1) is 0 Å². The summed E-state index contributed by atoms with van der Waals surface area (Å²) in [7, 11) is 0. The summed E-state index contributed by atoms with van der Waals surface area (Å²) in [4.78, 5) is 25.4. The van der Waals surface area contributed by atoms with Crippen LogP contribution in [0.1, 0.15) is 0 Å². The van der Waals surface area contributed by atoms with Crippen LogP contribution >= 0.6 is 0 Å². The molecule has 1 aromatic rings. The summed E-state index contributed by atoms with van der Waals surface area (Å²) in [5.74, 6) is -0.714. The number of aliphatic hydroxyl groups excluding tert-OH is 1. The molecule has 1 aromatic heterocycles. The molecule has 1 atom stereocenters. The lowest BCUT2D eigenvalue weighted by Gasteiger charge is -2.12. The Labute approximate surface area is 90.5 Å². The number of aliphatic hydroxyl groups is 1. The van der Waals surface area contributed by atoms with Gasteiger partial charge in [0.1, 0.15) is 12.5 Å². The Morgan fingerprint density at radius 2 is 2.38 bits per heavy atom. The molecular weight excluding hydrogens is 216 g/mol. The van der Waals surface area contributed by atoms with Gasteiger partial charge in [0.05, 0.1) is 6.61 Å². The second-order valence-electron chi connectivity index (χ2n) is 2.97. The van der Waals surface area contributed by atoms with Crippen molar-refractivity contribution >= 4 is 11.7 Å². The highest BCUT2D eigenvalue weighted by Crippen LogP contribution is 1.94. The summed E-state index contributed by atoms with van der Waals surface area (Å²) in [5, 5.41) is 8.74. The summed E-state index contributed by atoms with van der Waals surface area (Å²) in [6.45, 7) is -0.785. The van der Waals surface area contributed by atoms with E-state index < -0.39 is 24.3 Å². The highest BCUT2D eigenvalue weighted by molar-refractivity contribution is 5.78. The number of carbonyl (C=O) groups excluding carboxylic acids is 1. The molecule has 0 saturated heterocycles. The lowest BCUT2D eigenvalue weighted by Crippen LogP contribution is -2.36. The van der Waals surface area contributed by atoms with Crippen LogP contribution in [0.2, 0.25) is 0 Å². The lowest BCUT2D eigenvalue weighted by molar-refractivity contribution is -0.135. The maximum atomic E-state index is 11.2. The molecule has 0 aliphatic rings. The molecule has 1 rings (SSSR count). The van der Waals surface area contributed by atoms with E-state index >= 15 is 0 Å². The van der Waals surface area contributed by atoms with E-state index in [9.17, 15) is 9.59 Å². The van der Waals surface area contributed by atoms with Crippen LogP contribution in [0.25, 0.3) is 0 Å². The highest BCUT2D eigenvalue weighted by atomic mass is 16.5. The molecule has 1 heterocycles. The Morgan fingerprint density at radius 3 is 2.88 bits per heavy atom. The van der Waals surface area contributed by atoms with Crippen molar-refractivity contribution in [1.29, 1.82) is 0 Å². The fourth-order valence-corrected chi connectivity index (χ4v) is 0.935. The third-order valence-electron chi connectivity index (χ3n) is 1.79. The minimum absolute atomic E-state index is 0.0925. The van der Waals surface area contributed by atoms with Crippen molar-refractivity contribution in [2.24, 2.45) is 5.73 Å². The Morgan fingerprint density at radius 1 is 1.69 bits per heavy atom. The first kappa shape index (κ1) is 12.1. The van der Waals surface area contributed by atoms with Gasteiger partial charge in [-0.25, -0.2) is 4.79 Å². The van der Waals surface area contributed by atoms with Gasteiger partial charge in [0.2, 0.25) is 5.91 Å². The Bertz CT molecular complexity index is 430. The molecule has 8 heteroatoms. The zero-order valence-corrected chi connectivity index (χ0v) is 8.37. The summed E-state index contributed by atoms with van der Waals surface area (Å²) >= 11 is 0. The first-order valence-electron chi connectivity index (χ1n) is 4.39. The Hall–Kier alpha value is -1.93. The van der Waals surface area contributed by atoms with E-state index in [2.05, 4.69) is 4.98 Å². The predicted octanol–water partition coefficient (Wildman–Crippen LogP) is -2.35. The Balaban J connectivity index is 2.67. The van der Waals surface area contributed by atoms with Gasteiger partial charge < -0.3 is 21.3 Å². The van der Waals surface area contributed by atoms with Crippen LogP contribution < -0.4 is 17.2 Å². The van der Waals surface area contributed by atoms with E-state index in [4.69, 9.17) is 21.3 Å². The summed E-state index contributed by atoms with van der Waals surface area (Å²) in [6, 6.07) is 1.41. The van der Waals surface area contributed by atoms with Crippen molar-refractivity contribution < 1.29 is 14.6 Å². The number of nitrogens with zero attached hydrogens (tertiary/aromatic N) is 2. The maximum absolute atomic E-state index is 11.2. The SMILES string of the molecule is NC(=O)C(CO)OCn1ccc(N)nc1=O. The molecule has 1 amide bonds. The zero-order chi connectivity index (χ0) is 12.1. The molecule has 0 radical (unpaired) electrons. The van der Waals surface area contributed by atoms with Gasteiger partial charge in [-0.1, -0.05) is 0 Å². The fraction of sp³-hybridized carbons (Fsp3) is 0.375. The van der Waals surface area contributed by atoms with Crippen molar-refractivity contribution in [3.8, 4) is 0 Å². The molecule has 0 saturated carbocycles. The summed E-state index contributed by atoms with van der Waals surface area (Å²) < 4.78 is 6.00. The van der Waals surface area contributed by atoms with Crippen molar-refractivity contribution in [3.05, 3.63) is 22.7 Å². The summed E-state index contributed by atoms with van der Waals surface area (Å²) in [5.41, 5.74) is 9.60. The van der Waals surface area contributed by atoms with E-state index in [1.54, 1.807) is 0 Å². The predicted molar refractivity (Wildman–Crippen MR) is 54.1 cm³/mol. The Kier molecular flexibility index (Phi) is 3.97. The smallest absolute Gasteiger partial charge is 0.351 e. The zero-order valence-electron chi connectivity index (χ0n) is 8.37. The van der Waals surface area contributed by atoms with Crippen LogP contribution in [-0.4, -0.2) is 33.3 Å². The molecule has 16 heavy (non-hydrogen) atoms. The van der Waals surface area contributed by atoms with E-state index in [1.807, 2.05) is 0 Å². The molecule has 0 aliphatic carbocycles. The van der Waals surface area contributed by atoms with Gasteiger partial charge in [-0.15, -0.1) is 0 Å². The van der Waals surface area contributed by atoms with Crippen molar-refractivity contribution in [2.75, 3.05) is 12.3 Å². The van der Waals surface area contributed by atoms with Crippen LogP contribution in [0.15, 0.2) is 17.1 Å². The number of hydrogen-bond acceptors (Lipinski definition) is 6. The molecule has 8 nitrogen and oxygen atoms in total. The number of amides is 1. The second-order valence-corrected chi connectivity index (χ2v) is 2.97. The molecule has 1 unspecified atom stereocenters. The average Bonchev–Trinajstić information content (AvgIpc) is 2.21. The van der Waals surface area contributed by atoms with Gasteiger partial charge in [-0.3, -0.25) is 9.36 Å². The number of nitrogen functional groups attached to an aromatic ring is 1. The first-order valence-corrected chi connectivity index (χ1v) is 4.39. The van der Waals surface area contributed by atoms with Crippen molar-refractivity contribution in [1.82, 2.24) is 9.55 Å². The minimum atomic E-state index is -1.15. The normalized spacial score (nSPS) is 12.3. The van der Waals surface area contributed by atoms with Gasteiger partial charge in [0.25, 0.3) is 0 Å². The van der Waals surface area contributed by atoms with E-state index in [-0.39, 0.29) is 12.5 Å². The molecule has 0 bridgehead atoms. The number of carbonyl (C=O) groups is 1. The average molecular weight is 228 g/mol. The third-order valence-corrected chi connectivity index (χ3v) is 1.79. The lowest BCUT2D eigenvalue weighted by atomic mass is 10.4. The maximum Gasteiger partial charge on any atom is 0.351 e. The second kappa shape index (κ2) is 5.24. The number of rotatable bonds is 5. The monoisotopic (exact) mass is 228 g/mol. The van der Waals surface area contributed by atoms with Crippen LogP contribution in [-0.2, 0) is 16.3 Å². The topological polar surface area (TPSA) is 133 Å². The van der Waals surface area contributed by atoms with Crippen molar-refractivity contribution in [3.63, 3.8) is 0 Å². The minimum Gasteiger partial charge on any atom is -0.393 e. The van der Waals surface area contributed by atoms with E-state index in [0.717, 1.165) is 4.57 Å². The third kappa shape index (κ3) is 3.04.